The number of allylic oxidation sites excluding steroid dienone is 1. The van der Waals surface area contributed by atoms with Crippen molar-refractivity contribution in [3.05, 3.63) is 40.8 Å². The molecule has 0 saturated heterocycles. The summed E-state index contributed by atoms with van der Waals surface area (Å²) >= 11 is 1.78. The van der Waals surface area contributed by atoms with Gasteiger partial charge in [0, 0.05) is 0 Å². The third-order valence-electron chi connectivity index (χ3n) is 2.13. The zero-order valence-corrected chi connectivity index (χ0v) is 9.32. The van der Waals surface area contributed by atoms with E-state index in [1.807, 2.05) is 0 Å². The van der Waals surface area contributed by atoms with Crippen molar-refractivity contribution in [1.82, 2.24) is 0 Å². The Morgan fingerprint density at radius 1 is 1.38 bits per heavy atom. The molecule has 1 aromatic carbocycles. The lowest BCUT2D eigenvalue weighted by atomic mass is 10.0. The minimum atomic E-state index is 1.10. The minimum absolute atomic E-state index is 1.10. The Kier molecular flexibility index (Phi) is 4.10. The molecule has 1 heteroatoms. The van der Waals surface area contributed by atoms with Crippen molar-refractivity contribution in [2.45, 2.75) is 20.3 Å². The number of aryl methyl sites for hydroxylation is 1. The van der Waals surface area contributed by atoms with Gasteiger partial charge in [-0.2, -0.15) is 0 Å². The Labute approximate surface area is 85.1 Å². The predicted octanol–water partition coefficient (Wildman–Crippen LogP) is 4.11. The molecule has 0 amide bonds. The molecular weight excluding hydrogens is 176 g/mol. The highest BCUT2D eigenvalue weighted by atomic mass is 32.2. The molecule has 0 saturated carbocycles. The Hall–Kier alpha value is -0.690. The van der Waals surface area contributed by atoms with Crippen LogP contribution in [0, 0.1) is 6.92 Å². The van der Waals surface area contributed by atoms with Crippen LogP contribution in [0.2, 0.25) is 0 Å². The highest BCUT2D eigenvalue weighted by molar-refractivity contribution is 8.01. The Balaban J connectivity index is 3.05. The van der Waals surface area contributed by atoms with Gasteiger partial charge >= 0.3 is 0 Å². The molecule has 0 bridgehead atoms. The van der Waals surface area contributed by atoms with Crippen molar-refractivity contribution in [3.8, 4) is 0 Å². The largest absolute Gasteiger partial charge is 0.137 e. The van der Waals surface area contributed by atoms with E-state index in [-0.39, 0.29) is 0 Å². The smallest absolute Gasteiger partial charge is 0.0142 e. The third-order valence-corrected chi connectivity index (χ3v) is 2.65. The third kappa shape index (κ3) is 2.63. The normalized spacial score (nSPS) is 11.8. The second-order valence-electron chi connectivity index (χ2n) is 3.05. The van der Waals surface area contributed by atoms with E-state index >= 15 is 0 Å². The van der Waals surface area contributed by atoms with Crippen LogP contribution in [0.25, 0.3) is 5.57 Å². The number of hydrogen-bond donors (Lipinski definition) is 0. The highest BCUT2D eigenvalue weighted by Crippen LogP contribution is 2.23. The molecule has 0 heterocycles. The summed E-state index contributed by atoms with van der Waals surface area (Å²) in [6.45, 7) is 4.37. The average Bonchev–Trinajstić information content (AvgIpc) is 2.16. The zero-order chi connectivity index (χ0) is 9.68. The van der Waals surface area contributed by atoms with Crippen LogP contribution < -0.4 is 0 Å². The zero-order valence-electron chi connectivity index (χ0n) is 8.50. The monoisotopic (exact) mass is 192 g/mol. The Morgan fingerprint density at radius 3 is 2.62 bits per heavy atom. The molecule has 0 N–H and O–H groups in total. The first-order chi connectivity index (χ1) is 6.29. The molecule has 0 unspecified atom stereocenters. The van der Waals surface area contributed by atoms with Gasteiger partial charge in [-0.05, 0) is 41.7 Å². The van der Waals surface area contributed by atoms with Crippen molar-refractivity contribution in [2.75, 3.05) is 6.26 Å². The molecule has 0 aromatic heterocycles. The molecular formula is C12H16S. The van der Waals surface area contributed by atoms with E-state index in [4.69, 9.17) is 0 Å². The molecule has 70 valence electrons. The molecule has 1 aromatic rings. The van der Waals surface area contributed by atoms with Gasteiger partial charge in [0.25, 0.3) is 0 Å². The summed E-state index contributed by atoms with van der Waals surface area (Å²) in [5.74, 6) is 0. The van der Waals surface area contributed by atoms with Gasteiger partial charge in [0.05, 0.1) is 0 Å². The van der Waals surface area contributed by atoms with Crippen LogP contribution in [-0.2, 0) is 0 Å². The van der Waals surface area contributed by atoms with Crippen LogP contribution in [0.1, 0.15) is 24.5 Å². The van der Waals surface area contributed by atoms with Crippen LogP contribution in [0.4, 0.5) is 0 Å². The molecule has 0 atom stereocenters. The summed E-state index contributed by atoms with van der Waals surface area (Å²) in [5.41, 5.74) is 4.19. The lowest BCUT2D eigenvalue weighted by molar-refractivity contribution is 1.23. The lowest BCUT2D eigenvalue weighted by Gasteiger charge is -2.07. The second-order valence-corrected chi connectivity index (χ2v) is 3.75. The van der Waals surface area contributed by atoms with Gasteiger partial charge in [-0.25, -0.2) is 0 Å². The van der Waals surface area contributed by atoms with Gasteiger partial charge in [-0.15, -0.1) is 11.8 Å². The topological polar surface area (TPSA) is 0 Å². The molecule has 0 spiro atoms. The van der Waals surface area contributed by atoms with E-state index in [0.717, 1.165) is 6.42 Å². The summed E-state index contributed by atoms with van der Waals surface area (Å²) in [4.78, 5) is 0. The number of rotatable bonds is 3. The van der Waals surface area contributed by atoms with Crippen LogP contribution in [-0.4, -0.2) is 6.26 Å². The average molecular weight is 192 g/mol. The molecule has 0 nitrogen and oxygen atoms in total. The lowest BCUT2D eigenvalue weighted by Crippen LogP contribution is -1.86. The van der Waals surface area contributed by atoms with Crippen LogP contribution in [0.5, 0.6) is 0 Å². The van der Waals surface area contributed by atoms with Gasteiger partial charge in [-0.1, -0.05) is 31.2 Å². The van der Waals surface area contributed by atoms with E-state index in [1.54, 1.807) is 11.8 Å². The highest BCUT2D eigenvalue weighted by Gasteiger charge is 2.00. The maximum atomic E-state index is 2.24. The van der Waals surface area contributed by atoms with E-state index in [0.29, 0.717) is 0 Å². The van der Waals surface area contributed by atoms with E-state index in [9.17, 15) is 0 Å². The summed E-state index contributed by atoms with van der Waals surface area (Å²) in [5, 5.41) is 2.24. The van der Waals surface area contributed by atoms with Gasteiger partial charge in [0.2, 0.25) is 0 Å². The summed E-state index contributed by atoms with van der Waals surface area (Å²) in [7, 11) is 0. The van der Waals surface area contributed by atoms with Crippen molar-refractivity contribution in [3.63, 3.8) is 0 Å². The second kappa shape index (κ2) is 5.13. The molecule has 0 radical (unpaired) electrons. The van der Waals surface area contributed by atoms with Gasteiger partial charge in [0.15, 0.2) is 0 Å². The summed E-state index contributed by atoms with van der Waals surface area (Å²) in [6, 6.07) is 8.55. The van der Waals surface area contributed by atoms with Crippen LogP contribution >= 0.6 is 11.8 Å². The predicted molar refractivity (Wildman–Crippen MR) is 63.0 cm³/mol. The van der Waals surface area contributed by atoms with Crippen molar-refractivity contribution in [2.24, 2.45) is 0 Å². The first kappa shape index (κ1) is 10.4. The van der Waals surface area contributed by atoms with Crippen molar-refractivity contribution < 1.29 is 0 Å². The molecule has 0 aliphatic carbocycles. The molecule has 13 heavy (non-hydrogen) atoms. The van der Waals surface area contributed by atoms with E-state index in [2.05, 4.69) is 49.8 Å². The van der Waals surface area contributed by atoms with Gasteiger partial charge in [0.1, 0.15) is 0 Å². The summed E-state index contributed by atoms with van der Waals surface area (Å²) < 4.78 is 0. The van der Waals surface area contributed by atoms with E-state index < -0.39 is 0 Å². The molecule has 0 fully saturated rings. The fourth-order valence-electron chi connectivity index (χ4n) is 1.41. The fourth-order valence-corrected chi connectivity index (χ4v) is 1.99. The van der Waals surface area contributed by atoms with Gasteiger partial charge < -0.3 is 0 Å². The number of benzene rings is 1. The quantitative estimate of drug-likeness (QED) is 0.694. The maximum absolute atomic E-state index is 2.24. The standard InChI is InChI=1S/C12H16S/c1-4-11(9-13-3)12-8-6-5-7-10(12)2/h5-9H,4H2,1-3H3/b11-9-. The first-order valence-electron chi connectivity index (χ1n) is 4.57. The number of thioether (sulfide) groups is 1. The SMILES string of the molecule is CC/C(=C/SC)c1ccccc1C. The van der Waals surface area contributed by atoms with Crippen LogP contribution in [0.15, 0.2) is 29.7 Å². The van der Waals surface area contributed by atoms with Crippen molar-refractivity contribution in [1.29, 1.82) is 0 Å². The van der Waals surface area contributed by atoms with Crippen molar-refractivity contribution >= 4 is 17.3 Å². The molecule has 0 aliphatic rings. The molecule has 1 rings (SSSR count). The van der Waals surface area contributed by atoms with E-state index in [1.165, 1.54) is 16.7 Å². The first-order valence-corrected chi connectivity index (χ1v) is 5.86. The molecule has 0 aliphatic heterocycles. The fraction of sp³-hybridized carbons (Fsp3) is 0.333. The summed E-state index contributed by atoms with van der Waals surface area (Å²) in [6.07, 6.45) is 3.21. The number of hydrogen-bond acceptors (Lipinski definition) is 1. The maximum Gasteiger partial charge on any atom is -0.0142 e. The van der Waals surface area contributed by atoms with Crippen LogP contribution in [0.3, 0.4) is 0 Å². The minimum Gasteiger partial charge on any atom is -0.137 e. The Bertz CT molecular complexity index is 300. The Morgan fingerprint density at radius 2 is 2.08 bits per heavy atom. The van der Waals surface area contributed by atoms with Gasteiger partial charge in [-0.3, -0.25) is 0 Å².